The molecule has 5 rings (SSSR count). The maximum absolute atomic E-state index is 11.1. The average molecular weight is 392 g/mol. The highest BCUT2D eigenvalue weighted by molar-refractivity contribution is 5.84. The zero-order chi connectivity index (χ0) is 19.8. The van der Waals surface area contributed by atoms with Gasteiger partial charge < -0.3 is 20.3 Å². The Kier molecular flexibility index (Phi) is 4.23. The molecular formula is C19H20N8O2. The normalized spacial score (nSPS) is 15.2. The van der Waals surface area contributed by atoms with Gasteiger partial charge in [0.15, 0.2) is 17.0 Å². The van der Waals surface area contributed by atoms with Crippen molar-refractivity contribution in [2.45, 2.75) is 12.8 Å². The zero-order valence-corrected chi connectivity index (χ0v) is 15.6. The number of nitrogens with one attached hydrogen (secondary N) is 2. The molecule has 0 aliphatic carbocycles. The van der Waals surface area contributed by atoms with Crippen LogP contribution >= 0.6 is 0 Å². The Morgan fingerprint density at radius 2 is 2.03 bits per heavy atom. The van der Waals surface area contributed by atoms with Gasteiger partial charge in [-0.15, -0.1) is 0 Å². The third kappa shape index (κ3) is 3.22. The molecule has 1 fully saturated rings. The van der Waals surface area contributed by atoms with E-state index in [1.807, 2.05) is 28.8 Å². The molecule has 0 unspecified atom stereocenters. The van der Waals surface area contributed by atoms with Crippen LogP contribution in [0.15, 0.2) is 36.9 Å². The van der Waals surface area contributed by atoms with Crippen molar-refractivity contribution in [1.29, 1.82) is 0 Å². The molecule has 3 aromatic heterocycles. The maximum atomic E-state index is 11.1. The Hall–Kier alpha value is -3.69. The monoisotopic (exact) mass is 392 g/mol. The van der Waals surface area contributed by atoms with E-state index in [2.05, 4.69) is 25.3 Å². The van der Waals surface area contributed by atoms with Crippen LogP contribution in [0, 0.1) is 5.92 Å². The number of amides is 1. The predicted octanol–water partition coefficient (Wildman–Crippen LogP) is 2.49. The molecular weight excluding hydrogens is 372 g/mol. The number of benzene rings is 1. The number of carbonyl (C=O) groups is 1. The molecule has 1 aliphatic heterocycles. The first kappa shape index (κ1) is 17.4. The Labute approximate surface area is 165 Å². The van der Waals surface area contributed by atoms with Crippen molar-refractivity contribution in [2.24, 2.45) is 5.92 Å². The van der Waals surface area contributed by atoms with E-state index in [4.69, 9.17) is 10.1 Å². The minimum absolute atomic E-state index is 0.379. The molecule has 0 atom stereocenters. The quantitative estimate of drug-likeness (QED) is 0.487. The molecule has 148 valence electrons. The molecule has 4 heterocycles. The molecule has 1 amide bonds. The van der Waals surface area contributed by atoms with Crippen LogP contribution in [-0.2, 0) is 0 Å². The van der Waals surface area contributed by atoms with E-state index in [1.54, 1.807) is 12.7 Å². The van der Waals surface area contributed by atoms with Gasteiger partial charge in [-0.25, -0.2) is 14.8 Å². The maximum Gasteiger partial charge on any atom is 0.407 e. The fourth-order valence-corrected chi connectivity index (χ4v) is 3.76. The molecule has 1 aromatic carbocycles. The highest BCUT2D eigenvalue weighted by Crippen LogP contribution is 2.23. The number of likely N-dealkylation sites (tertiary alicyclic amines) is 1. The SMILES string of the molecule is O=C(O)N1CCC(CNc2nc(-n3cnc4ccccc43)c3nc[nH]c3n2)CC1. The zero-order valence-electron chi connectivity index (χ0n) is 15.6. The summed E-state index contributed by atoms with van der Waals surface area (Å²) in [6, 6.07) is 7.86. The van der Waals surface area contributed by atoms with Gasteiger partial charge in [-0.05, 0) is 30.9 Å². The first-order valence-electron chi connectivity index (χ1n) is 9.54. The molecule has 29 heavy (non-hydrogen) atoms. The first-order chi connectivity index (χ1) is 14.2. The lowest BCUT2D eigenvalue weighted by Gasteiger charge is -2.29. The van der Waals surface area contributed by atoms with E-state index in [0.29, 0.717) is 48.5 Å². The molecule has 0 bridgehead atoms. The average Bonchev–Trinajstić information content (AvgIpc) is 3.39. The number of para-hydroxylation sites is 2. The van der Waals surface area contributed by atoms with Crippen molar-refractivity contribution >= 4 is 34.2 Å². The van der Waals surface area contributed by atoms with Crippen molar-refractivity contribution in [3.63, 3.8) is 0 Å². The van der Waals surface area contributed by atoms with Gasteiger partial charge >= 0.3 is 6.09 Å². The number of carboxylic acid groups (broad SMARTS) is 1. The van der Waals surface area contributed by atoms with Crippen LogP contribution in [0.5, 0.6) is 0 Å². The third-order valence-corrected chi connectivity index (χ3v) is 5.38. The summed E-state index contributed by atoms with van der Waals surface area (Å²) in [7, 11) is 0. The minimum Gasteiger partial charge on any atom is -0.465 e. The second-order valence-corrected chi connectivity index (χ2v) is 7.17. The van der Waals surface area contributed by atoms with Gasteiger partial charge in [0.2, 0.25) is 5.95 Å². The number of nitrogens with zero attached hydrogens (tertiary/aromatic N) is 6. The van der Waals surface area contributed by atoms with Crippen LogP contribution in [0.1, 0.15) is 12.8 Å². The first-order valence-corrected chi connectivity index (χ1v) is 9.54. The van der Waals surface area contributed by atoms with Crippen LogP contribution in [0.4, 0.5) is 10.7 Å². The van der Waals surface area contributed by atoms with Crippen molar-refractivity contribution in [1.82, 2.24) is 34.4 Å². The molecule has 10 heteroatoms. The Morgan fingerprint density at radius 1 is 1.21 bits per heavy atom. The summed E-state index contributed by atoms with van der Waals surface area (Å²) in [5, 5.41) is 12.4. The Morgan fingerprint density at radius 3 is 2.86 bits per heavy atom. The summed E-state index contributed by atoms with van der Waals surface area (Å²) in [6.07, 6.45) is 4.15. The molecule has 0 radical (unpaired) electrons. The third-order valence-electron chi connectivity index (χ3n) is 5.38. The highest BCUT2D eigenvalue weighted by atomic mass is 16.4. The number of piperidine rings is 1. The summed E-state index contributed by atoms with van der Waals surface area (Å²) in [6.45, 7) is 1.82. The fraction of sp³-hybridized carbons (Fsp3) is 0.316. The summed E-state index contributed by atoms with van der Waals surface area (Å²) >= 11 is 0. The van der Waals surface area contributed by atoms with Gasteiger partial charge in [-0.2, -0.15) is 9.97 Å². The van der Waals surface area contributed by atoms with Gasteiger partial charge in [0.05, 0.1) is 17.4 Å². The smallest absolute Gasteiger partial charge is 0.407 e. The number of rotatable bonds is 4. The number of hydrogen-bond acceptors (Lipinski definition) is 6. The largest absolute Gasteiger partial charge is 0.465 e. The Balaban J connectivity index is 1.41. The number of H-pyrrole nitrogens is 1. The summed E-state index contributed by atoms with van der Waals surface area (Å²) in [5.74, 6) is 1.55. The van der Waals surface area contributed by atoms with Gasteiger partial charge in [-0.3, -0.25) is 4.57 Å². The van der Waals surface area contributed by atoms with E-state index in [1.165, 1.54) is 4.90 Å². The summed E-state index contributed by atoms with van der Waals surface area (Å²) < 4.78 is 1.91. The second-order valence-electron chi connectivity index (χ2n) is 7.17. The second kappa shape index (κ2) is 7.04. The van der Waals surface area contributed by atoms with E-state index < -0.39 is 6.09 Å². The summed E-state index contributed by atoms with van der Waals surface area (Å²) in [4.78, 5) is 33.6. The van der Waals surface area contributed by atoms with Gasteiger partial charge in [0.1, 0.15) is 6.33 Å². The van der Waals surface area contributed by atoms with Gasteiger partial charge in [-0.1, -0.05) is 12.1 Å². The van der Waals surface area contributed by atoms with Crippen molar-refractivity contribution in [2.75, 3.05) is 25.0 Å². The van der Waals surface area contributed by atoms with E-state index in [-0.39, 0.29) is 0 Å². The number of aromatic nitrogens is 6. The van der Waals surface area contributed by atoms with Crippen LogP contribution in [0.25, 0.3) is 28.0 Å². The molecule has 4 aromatic rings. The minimum atomic E-state index is -0.846. The van der Waals surface area contributed by atoms with Crippen molar-refractivity contribution < 1.29 is 9.90 Å². The van der Waals surface area contributed by atoms with Crippen LogP contribution in [0.2, 0.25) is 0 Å². The number of anilines is 1. The lowest BCUT2D eigenvalue weighted by atomic mass is 9.97. The van der Waals surface area contributed by atoms with Crippen LogP contribution < -0.4 is 5.32 Å². The van der Waals surface area contributed by atoms with Crippen molar-refractivity contribution in [3.8, 4) is 5.82 Å². The molecule has 10 nitrogen and oxygen atoms in total. The Bertz CT molecular complexity index is 1180. The molecule has 1 saturated heterocycles. The van der Waals surface area contributed by atoms with Crippen LogP contribution in [-0.4, -0.2) is 65.2 Å². The number of fused-ring (bicyclic) bond motifs is 2. The fourth-order valence-electron chi connectivity index (χ4n) is 3.76. The molecule has 0 saturated carbocycles. The van der Waals surface area contributed by atoms with Crippen LogP contribution in [0.3, 0.4) is 0 Å². The lowest BCUT2D eigenvalue weighted by molar-refractivity contribution is 0.126. The van der Waals surface area contributed by atoms with Gasteiger partial charge in [0.25, 0.3) is 0 Å². The summed E-state index contributed by atoms with van der Waals surface area (Å²) in [5.41, 5.74) is 3.15. The number of aromatic amines is 1. The van der Waals surface area contributed by atoms with E-state index in [9.17, 15) is 4.79 Å². The molecule has 0 spiro atoms. The highest BCUT2D eigenvalue weighted by Gasteiger charge is 2.22. The topological polar surface area (TPSA) is 125 Å². The lowest BCUT2D eigenvalue weighted by Crippen LogP contribution is -2.39. The van der Waals surface area contributed by atoms with E-state index in [0.717, 1.165) is 23.9 Å². The standard InChI is InChI=1S/C19H20N8O2/c28-19(29)26-7-5-12(6-8-26)9-20-18-24-16-15(21-10-22-16)17(25-18)27-11-23-13-3-1-2-4-14(13)27/h1-4,10-12H,5-9H2,(H,28,29)(H2,20,21,22,24,25). The van der Waals surface area contributed by atoms with Crippen molar-refractivity contribution in [3.05, 3.63) is 36.9 Å². The van der Waals surface area contributed by atoms with E-state index >= 15 is 0 Å². The number of imidazole rings is 2. The molecule has 3 N–H and O–H groups in total. The number of hydrogen-bond donors (Lipinski definition) is 3. The predicted molar refractivity (Wildman–Crippen MR) is 107 cm³/mol. The van der Waals surface area contributed by atoms with Gasteiger partial charge in [0, 0.05) is 19.6 Å². The molecule has 1 aliphatic rings.